The molecule has 1 aromatic heterocycles. The van der Waals surface area contributed by atoms with Gasteiger partial charge in [0.1, 0.15) is 11.9 Å². The van der Waals surface area contributed by atoms with Crippen LogP contribution in [0.1, 0.15) is 18.3 Å². The van der Waals surface area contributed by atoms with E-state index in [1.54, 1.807) is 42.5 Å². The topological polar surface area (TPSA) is 100 Å². The molecule has 4 aromatic rings. The number of H-pyrrole nitrogens is 1. The maximum Gasteiger partial charge on any atom is 0.262 e. The fourth-order valence-corrected chi connectivity index (χ4v) is 3.61. The summed E-state index contributed by atoms with van der Waals surface area (Å²) in [5.41, 5.74) is 3.23. The number of halogens is 2. The third-order valence-corrected chi connectivity index (χ3v) is 5.64. The average molecular weight is 507 g/mol. The number of hydrogen-bond donors (Lipinski definition) is 2. The highest BCUT2D eigenvalue weighted by Crippen LogP contribution is 2.30. The number of amides is 1. The van der Waals surface area contributed by atoms with Crippen molar-refractivity contribution in [2.75, 3.05) is 18.5 Å². The Balaban J connectivity index is 1.50. The molecule has 176 valence electrons. The summed E-state index contributed by atoms with van der Waals surface area (Å²) in [6.07, 6.45) is 1.71. The summed E-state index contributed by atoms with van der Waals surface area (Å²) in [6, 6.07) is 19.8. The number of fused-ring (bicyclic) bond motifs is 1. The van der Waals surface area contributed by atoms with Crippen LogP contribution in [0.2, 0.25) is 10.0 Å². The Hall–Kier alpha value is -3.99. The molecule has 35 heavy (non-hydrogen) atoms. The van der Waals surface area contributed by atoms with E-state index < -0.39 is 0 Å². The normalized spacial score (nSPS) is 11.2. The van der Waals surface area contributed by atoms with Crippen LogP contribution < -0.4 is 14.8 Å². The van der Waals surface area contributed by atoms with Crippen LogP contribution in [0.4, 0.5) is 5.69 Å². The number of rotatable bonds is 8. The number of nitrogens with one attached hydrogen (secondary N) is 2. The first-order valence-electron chi connectivity index (χ1n) is 10.7. The molecule has 1 amide bonds. The molecule has 7 nitrogen and oxygen atoms in total. The third kappa shape index (κ3) is 5.93. The number of anilines is 1. The van der Waals surface area contributed by atoms with Gasteiger partial charge in [0.15, 0.2) is 18.1 Å². The van der Waals surface area contributed by atoms with Gasteiger partial charge in [-0.25, -0.2) is 4.98 Å². The number of carbonyl (C=O) groups excluding carboxylic acids is 1. The molecule has 0 atom stereocenters. The quantitative estimate of drug-likeness (QED) is 0.271. The largest absolute Gasteiger partial charge is 0.490 e. The highest BCUT2D eigenvalue weighted by Gasteiger charge is 2.12. The number of nitriles is 1. The fourth-order valence-electron chi connectivity index (χ4n) is 3.32. The molecule has 9 heteroatoms. The Morgan fingerprint density at radius 3 is 2.66 bits per heavy atom. The van der Waals surface area contributed by atoms with Crippen molar-refractivity contribution in [1.29, 1.82) is 5.26 Å². The van der Waals surface area contributed by atoms with E-state index in [-0.39, 0.29) is 12.5 Å². The van der Waals surface area contributed by atoms with Crippen LogP contribution in [-0.2, 0) is 4.79 Å². The van der Waals surface area contributed by atoms with Gasteiger partial charge in [0, 0.05) is 5.69 Å². The van der Waals surface area contributed by atoms with Gasteiger partial charge in [-0.15, -0.1) is 0 Å². The van der Waals surface area contributed by atoms with Crippen molar-refractivity contribution in [3.8, 4) is 17.6 Å². The molecular weight excluding hydrogens is 487 g/mol. The molecule has 0 aliphatic carbocycles. The second-order valence-corrected chi connectivity index (χ2v) is 8.19. The van der Waals surface area contributed by atoms with Gasteiger partial charge in [0.05, 0.1) is 33.3 Å². The van der Waals surface area contributed by atoms with Crippen molar-refractivity contribution in [3.63, 3.8) is 0 Å². The number of nitrogens with zero attached hydrogens (tertiary/aromatic N) is 2. The number of ether oxygens (including phenoxy) is 2. The molecule has 0 fully saturated rings. The first-order valence-corrected chi connectivity index (χ1v) is 11.4. The van der Waals surface area contributed by atoms with Crippen molar-refractivity contribution in [3.05, 3.63) is 82.1 Å². The summed E-state index contributed by atoms with van der Waals surface area (Å²) in [6.45, 7) is 2.00. The molecule has 3 aromatic carbocycles. The minimum absolute atomic E-state index is 0.238. The number of aromatic amines is 1. The average Bonchev–Trinajstić information content (AvgIpc) is 3.28. The summed E-state index contributed by atoms with van der Waals surface area (Å²) >= 11 is 11.9. The zero-order chi connectivity index (χ0) is 24.8. The lowest BCUT2D eigenvalue weighted by Crippen LogP contribution is -2.20. The van der Waals surface area contributed by atoms with Crippen molar-refractivity contribution in [1.82, 2.24) is 9.97 Å². The lowest BCUT2D eigenvalue weighted by atomic mass is 10.1. The van der Waals surface area contributed by atoms with Crippen LogP contribution in [0, 0.1) is 11.3 Å². The molecular formula is C26H20Cl2N4O3. The van der Waals surface area contributed by atoms with Crippen molar-refractivity contribution < 1.29 is 14.3 Å². The maximum atomic E-state index is 12.3. The molecule has 4 rings (SSSR count). The Bertz CT molecular complexity index is 1420. The smallest absolute Gasteiger partial charge is 0.262 e. The predicted molar refractivity (Wildman–Crippen MR) is 138 cm³/mol. The first-order chi connectivity index (χ1) is 17.0. The number of carbonyl (C=O) groups is 1. The Morgan fingerprint density at radius 2 is 1.91 bits per heavy atom. The highest BCUT2D eigenvalue weighted by atomic mass is 35.5. The number of allylic oxidation sites excluding steroid dienone is 1. The van der Waals surface area contributed by atoms with Gasteiger partial charge >= 0.3 is 0 Å². The van der Waals surface area contributed by atoms with Crippen molar-refractivity contribution >= 4 is 57.5 Å². The minimum atomic E-state index is -0.369. The lowest BCUT2D eigenvalue weighted by Gasteiger charge is -2.13. The van der Waals surface area contributed by atoms with Crippen LogP contribution in [0.15, 0.2) is 60.7 Å². The molecule has 0 saturated carbocycles. The maximum absolute atomic E-state index is 12.3. The highest BCUT2D eigenvalue weighted by molar-refractivity contribution is 6.42. The molecule has 0 aliphatic rings. The fraction of sp³-hybridized carbons (Fsp3) is 0.115. The van der Waals surface area contributed by atoms with Gasteiger partial charge in [0.2, 0.25) is 0 Å². The van der Waals surface area contributed by atoms with Gasteiger partial charge in [0.25, 0.3) is 5.91 Å². The van der Waals surface area contributed by atoms with E-state index in [1.807, 2.05) is 31.2 Å². The van der Waals surface area contributed by atoms with Crippen molar-refractivity contribution in [2.24, 2.45) is 0 Å². The van der Waals surface area contributed by atoms with E-state index in [0.29, 0.717) is 45.2 Å². The Labute approximate surface area is 211 Å². The van der Waals surface area contributed by atoms with Gasteiger partial charge in [-0.1, -0.05) is 41.4 Å². The zero-order valence-electron chi connectivity index (χ0n) is 18.6. The number of aromatic nitrogens is 2. The molecule has 0 aliphatic heterocycles. The molecule has 0 spiro atoms. The van der Waals surface area contributed by atoms with E-state index in [0.717, 1.165) is 16.6 Å². The van der Waals surface area contributed by atoms with E-state index in [4.69, 9.17) is 32.7 Å². The van der Waals surface area contributed by atoms with E-state index in [1.165, 1.54) is 0 Å². The number of para-hydroxylation sites is 2. The Morgan fingerprint density at radius 1 is 1.09 bits per heavy atom. The second kappa shape index (κ2) is 11.0. The van der Waals surface area contributed by atoms with Crippen LogP contribution in [0.25, 0.3) is 22.7 Å². The summed E-state index contributed by atoms with van der Waals surface area (Å²) in [4.78, 5) is 20.0. The number of hydrogen-bond acceptors (Lipinski definition) is 5. The standard InChI is InChI=1S/C26H20Cl2N4O3/c1-2-34-24-12-16(11-17(14-29)26-31-21-5-3-4-6-22(21)32-26)7-10-23(24)35-15-25(33)30-18-8-9-19(27)20(28)13-18/h3-13H,2,15H2,1H3,(H,30,33)(H,31,32)/b17-11+. The minimum Gasteiger partial charge on any atom is -0.490 e. The van der Waals surface area contributed by atoms with Gasteiger partial charge in [-0.2, -0.15) is 5.26 Å². The SMILES string of the molecule is CCOc1cc(/C=C(\C#N)c2nc3ccccc3[nH]2)ccc1OCC(=O)Nc1ccc(Cl)c(Cl)c1. The molecule has 1 heterocycles. The second-order valence-electron chi connectivity index (χ2n) is 7.38. The van der Waals surface area contributed by atoms with E-state index in [9.17, 15) is 10.1 Å². The van der Waals surface area contributed by atoms with Crippen LogP contribution in [0.5, 0.6) is 11.5 Å². The van der Waals surface area contributed by atoms with Gasteiger partial charge in [-0.05, 0) is 61.0 Å². The number of benzene rings is 3. The lowest BCUT2D eigenvalue weighted by molar-refractivity contribution is -0.118. The molecule has 0 radical (unpaired) electrons. The van der Waals surface area contributed by atoms with Gasteiger partial charge in [-0.3, -0.25) is 4.79 Å². The summed E-state index contributed by atoms with van der Waals surface area (Å²) in [7, 11) is 0. The monoisotopic (exact) mass is 506 g/mol. The van der Waals surface area contributed by atoms with Crippen LogP contribution in [0.3, 0.4) is 0 Å². The predicted octanol–water partition coefficient (Wildman–Crippen LogP) is 6.35. The summed E-state index contributed by atoms with van der Waals surface area (Å²) in [5.74, 6) is 0.957. The van der Waals surface area contributed by atoms with Crippen molar-refractivity contribution in [2.45, 2.75) is 6.92 Å². The Kier molecular flexibility index (Phi) is 7.56. The van der Waals surface area contributed by atoms with E-state index in [2.05, 4.69) is 21.4 Å². The third-order valence-electron chi connectivity index (χ3n) is 4.91. The zero-order valence-corrected chi connectivity index (χ0v) is 20.2. The molecule has 0 bridgehead atoms. The summed E-state index contributed by atoms with van der Waals surface area (Å²) < 4.78 is 11.4. The number of imidazole rings is 1. The molecule has 2 N–H and O–H groups in total. The molecule has 0 unspecified atom stereocenters. The van der Waals surface area contributed by atoms with E-state index >= 15 is 0 Å². The first kappa shape index (κ1) is 24.1. The summed E-state index contributed by atoms with van der Waals surface area (Å²) in [5, 5.41) is 13.1. The molecule has 0 saturated heterocycles. The van der Waals surface area contributed by atoms with Crippen LogP contribution >= 0.6 is 23.2 Å². The van der Waals surface area contributed by atoms with Gasteiger partial charge < -0.3 is 19.8 Å². The van der Waals surface area contributed by atoms with Crippen LogP contribution in [-0.4, -0.2) is 29.1 Å².